The molecule has 2 aromatic rings. The van der Waals surface area contributed by atoms with Gasteiger partial charge in [0.15, 0.2) is 0 Å². The van der Waals surface area contributed by atoms with Gasteiger partial charge in [-0.1, -0.05) is 16.7 Å². The lowest BCUT2D eigenvalue weighted by molar-refractivity contribution is 0.475. The summed E-state index contributed by atoms with van der Waals surface area (Å²) in [7, 11) is 0. The maximum atomic E-state index is 6.06. The molecule has 0 radical (unpaired) electrons. The van der Waals surface area contributed by atoms with E-state index < -0.39 is 0 Å². The zero-order valence-electron chi connectivity index (χ0n) is 9.87. The Morgan fingerprint density at radius 1 is 1.44 bits per heavy atom. The predicted molar refractivity (Wildman–Crippen MR) is 74.1 cm³/mol. The number of aryl methyl sites for hydroxylation is 1. The van der Waals surface area contributed by atoms with E-state index in [4.69, 9.17) is 21.8 Å². The third-order valence-electron chi connectivity index (χ3n) is 2.32. The molecule has 0 aliphatic heterocycles. The van der Waals surface area contributed by atoms with Gasteiger partial charge >= 0.3 is 6.01 Å². The lowest BCUT2D eigenvalue weighted by atomic mass is 10.2. The molecule has 0 bridgehead atoms. The van der Waals surface area contributed by atoms with Crippen molar-refractivity contribution in [3.63, 3.8) is 0 Å². The highest BCUT2D eigenvalue weighted by Gasteiger charge is 2.11. The van der Waals surface area contributed by atoms with Crippen molar-refractivity contribution in [1.82, 2.24) is 10.2 Å². The number of nitrogens with zero attached hydrogens (tertiary/aromatic N) is 2. The molecule has 18 heavy (non-hydrogen) atoms. The molecule has 96 valence electrons. The molecule has 1 aromatic heterocycles. The van der Waals surface area contributed by atoms with Gasteiger partial charge in [-0.25, -0.2) is 0 Å². The minimum Gasteiger partial charge on any atom is -0.406 e. The molecule has 7 heteroatoms. The van der Waals surface area contributed by atoms with E-state index in [2.05, 4.69) is 31.4 Å². The smallest absolute Gasteiger partial charge is 0.320 e. The molecule has 3 N–H and O–H groups in total. The zero-order chi connectivity index (χ0) is 13.3. The highest BCUT2D eigenvalue weighted by atomic mass is 79.9. The summed E-state index contributed by atoms with van der Waals surface area (Å²) in [6.07, 6.45) is 0. The topological polar surface area (TPSA) is 77.0 Å². The van der Waals surface area contributed by atoms with Gasteiger partial charge in [0.25, 0.3) is 0 Å². The molecule has 2 rings (SSSR count). The van der Waals surface area contributed by atoms with E-state index in [0.29, 0.717) is 10.9 Å². The number of nitrogens with one attached hydrogen (secondary N) is 1. The van der Waals surface area contributed by atoms with Crippen molar-refractivity contribution in [1.29, 1.82) is 0 Å². The van der Waals surface area contributed by atoms with Crippen LogP contribution in [0.2, 0.25) is 5.02 Å². The number of hydrogen-bond donors (Lipinski definition) is 2. The van der Waals surface area contributed by atoms with Gasteiger partial charge in [-0.2, -0.15) is 0 Å². The Morgan fingerprint density at radius 2 is 2.17 bits per heavy atom. The summed E-state index contributed by atoms with van der Waals surface area (Å²) in [6, 6.07) is 3.69. The van der Waals surface area contributed by atoms with E-state index in [9.17, 15) is 0 Å². The molecule has 1 aromatic carbocycles. The summed E-state index contributed by atoms with van der Waals surface area (Å²) in [5.41, 5.74) is 7.38. The van der Waals surface area contributed by atoms with E-state index in [-0.39, 0.29) is 12.1 Å². The van der Waals surface area contributed by atoms with Crippen LogP contribution in [-0.2, 0) is 0 Å². The summed E-state index contributed by atoms with van der Waals surface area (Å²) in [6.45, 7) is 3.70. The minimum absolute atomic E-state index is 0.280. The Labute approximate surface area is 118 Å². The van der Waals surface area contributed by atoms with Crippen molar-refractivity contribution in [2.45, 2.75) is 19.9 Å². The summed E-state index contributed by atoms with van der Waals surface area (Å²) >= 11 is 9.50. The highest BCUT2D eigenvalue weighted by molar-refractivity contribution is 9.10. The number of hydrogen-bond acceptors (Lipinski definition) is 5. The zero-order valence-corrected chi connectivity index (χ0v) is 12.2. The fourth-order valence-corrected chi connectivity index (χ4v) is 2.05. The maximum Gasteiger partial charge on any atom is 0.320 e. The van der Waals surface area contributed by atoms with Crippen LogP contribution < -0.4 is 11.1 Å². The number of benzene rings is 1. The van der Waals surface area contributed by atoms with Crippen LogP contribution in [0.3, 0.4) is 0 Å². The maximum absolute atomic E-state index is 6.06. The minimum atomic E-state index is -0.293. The van der Waals surface area contributed by atoms with Crippen molar-refractivity contribution in [2.24, 2.45) is 5.73 Å². The summed E-state index contributed by atoms with van der Waals surface area (Å²) in [5, 5.41) is 11.3. The van der Waals surface area contributed by atoms with Crippen LogP contribution in [0.4, 0.5) is 11.7 Å². The summed E-state index contributed by atoms with van der Waals surface area (Å²) in [5.74, 6) is 0.381. The van der Waals surface area contributed by atoms with Gasteiger partial charge in [0.05, 0.1) is 11.7 Å². The predicted octanol–water partition coefficient (Wildman–Crippen LogP) is 3.56. The van der Waals surface area contributed by atoms with E-state index >= 15 is 0 Å². The van der Waals surface area contributed by atoms with Crippen molar-refractivity contribution in [3.05, 3.63) is 33.1 Å². The SMILES string of the molecule is Cc1cc(Br)c(Nc2nnc(C(C)N)o2)cc1Cl. The molecule has 0 fully saturated rings. The van der Waals surface area contributed by atoms with Crippen LogP contribution in [0.25, 0.3) is 0 Å². The summed E-state index contributed by atoms with van der Waals surface area (Å²) in [4.78, 5) is 0. The third-order valence-corrected chi connectivity index (χ3v) is 3.38. The van der Waals surface area contributed by atoms with Crippen molar-refractivity contribution in [2.75, 3.05) is 5.32 Å². The molecular formula is C11H12BrClN4O. The Morgan fingerprint density at radius 3 is 2.78 bits per heavy atom. The average molecular weight is 332 g/mol. The number of nitrogens with two attached hydrogens (primary N) is 1. The van der Waals surface area contributed by atoms with E-state index in [0.717, 1.165) is 15.7 Å². The molecule has 5 nitrogen and oxygen atoms in total. The Bertz CT molecular complexity index is 570. The standard InChI is InChI=1S/C11H12BrClN4O/c1-5-3-7(12)9(4-8(5)13)15-11-17-16-10(18-11)6(2)14/h3-4,6H,14H2,1-2H3,(H,15,17). The number of aromatic nitrogens is 2. The van der Waals surface area contributed by atoms with Crippen molar-refractivity contribution >= 4 is 39.2 Å². The first kappa shape index (κ1) is 13.3. The molecule has 0 aliphatic carbocycles. The van der Waals surface area contributed by atoms with Gasteiger partial charge in [-0.3, -0.25) is 0 Å². The molecule has 1 unspecified atom stereocenters. The van der Waals surface area contributed by atoms with Crippen LogP contribution in [0.15, 0.2) is 21.0 Å². The normalized spacial score (nSPS) is 12.5. The third kappa shape index (κ3) is 2.82. The van der Waals surface area contributed by atoms with E-state index in [1.54, 1.807) is 13.0 Å². The quantitative estimate of drug-likeness (QED) is 0.899. The van der Waals surface area contributed by atoms with Gasteiger partial charge in [-0.05, 0) is 47.5 Å². The highest BCUT2D eigenvalue weighted by Crippen LogP contribution is 2.31. The Balaban J connectivity index is 2.25. The molecule has 0 amide bonds. The fraction of sp³-hybridized carbons (Fsp3) is 0.273. The first-order valence-electron chi connectivity index (χ1n) is 5.29. The molecular weight excluding hydrogens is 320 g/mol. The van der Waals surface area contributed by atoms with Crippen LogP contribution in [-0.4, -0.2) is 10.2 Å². The first-order chi connectivity index (χ1) is 8.47. The monoisotopic (exact) mass is 330 g/mol. The molecule has 0 aliphatic rings. The lowest BCUT2D eigenvalue weighted by Crippen LogP contribution is -2.04. The lowest BCUT2D eigenvalue weighted by Gasteiger charge is -2.07. The van der Waals surface area contributed by atoms with Crippen LogP contribution >= 0.6 is 27.5 Å². The fourth-order valence-electron chi connectivity index (χ4n) is 1.33. The second-order valence-electron chi connectivity index (χ2n) is 3.94. The van der Waals surface area contributed by atoms with E-state index in [1.807, 2.05) is 13.0 Å². The largest absolute Gasteiger partial charge is 0.406 e. The second kappa shape index (κ2) is 5.26. The van der Waals surface area contributed by atoms with Crippen LogP contribution in [0.5, 0.6) is 0 Å². The average Bonchev–Trinajstić information content (AvgIpc) is 2.74. The van der Waals surface area contributed by atoms with Crippen LogP contribution in [0, 0.1) is 6.92 Å². The first-order valence-corrected chi connectivity index (χ1v) is 6.46. The van der Waals surface area contributed by atoms with Crippen molar-refractivity contribution < 1.29 is 4.42 Å². The molecule has 0 saturated heterocycles. The van der Waals surface area contributed by atoms with Gasteiger partial charge in [0.2, 0.25) is 5.89 Å². The Hall–Kier alpha value is -1.11. The summed E-state index contributed by atoms with van der Waals surface area (Å²) < 4.78 is 6.22. The van der Waals surface area contributed by atoms with Crippen LogP contribution in [0.1, 0.15) is 24.4 Å². The van der Waals surface area contributed by atoms with E-state index in [1.165, 1.54) is 0 Å². The second-order valence-corrected chi connectivity index (χ2v) is 5.20. The van der Waals surface area contributed by atoms with Crippen molar-refractivity contribution in [3.8, 4) is 0 Å². The number of rotatable bonds is 3. The van der Waals surface area contributed by atoms with Gasteiger partial charge in [-0.15, -0.1) is 5.10 Å². The number of halogens is 2. The molecule has 0 spiro atoms. The molecule has 0 saturated carbocycles. The molecule has 1 atom stereocenters. The van der Waals surface area contributed by atoms with Gasteiger partial charge in [0.1, 0.15) is 0 Å². The molecule has 1 heterocycles. The number of anilines is 2. The van der Waals surface area contributed by atoms with Gasteiger partial charge < -0.3 is 15.5 Å². The Kier molecular flexibility index (Phi) is 3.89. The van der Waals surface area contributed by atoms with Gasteiger partial charge in [0, 0.05) is 9.50 Å².